The predicted molar refractivity (Wildman–Crippen MR) is 122 cm³/mol. The molecule has 0 saturated heterocycles. The number of carbonyl (C=O) groups is 1. The Morgan fingerprint density at radius 2 is 1.88 bits per heavy atom. The Kier molecular flexibility index (Phi) is 6.39. The molecule has 0 aliphatic carbocycles. The largest absolute Gasteiger partial charge is 0.489 e. The van der Waals surface area contributed by atoms with Gasteiger partial charge in [0.25, 0.3) is 0 Å². The van der Waals surface area contributed by atoms with Crippen molar-refractivity contribution < 1.29 is 23.0 Å². The maximum Gasteiger partial charge on any atom is 0.387 e. The molecule has 9 heteroatoms. The molecule has 0 unspecified atom stereocenters. The molecule has 33 heavy (non-hydrogen) atoms. The van der Waals surface area contributed by atoms with E-state index < -0.39 is 12.6 Å². The number of para-hydroxylation sites is 1. The summed E-state index contributed by atoms with van der Waals surface area (Å²) in [6.45, 7) is 1.01. The molecule has 0 atom stereocenters. The third-order valence-electron chi connectivity index (χ3n) is 4.98. The third kappa shape index (κ3) is 5.38. The summed E-state index contributed by atoms with van der Waals surface area (Å²) in [5, 5.41) is 13.2. The number of H-pyrrole nitrogens is 1. The summed E-state index contributed by atoms with van der Waals surface area (Å²) in [4.78, 5) is 12.5. The van der Waals surface area contributed by atoms with Crippen LogP contribution in [0, 0.1) is 13.8 Å². The van der Waals surface area contributed by atoms with Gasteiger partial charge < -0.3 is 14.8 Å². The van der Waals surface area contributed by atoms with Gasteiger partial charge >= 0.3 is 12.6 Å². The van der Waals surface area contributed by atoms with E-state index in [-0.39, 0.29) is 12.4 Å². The number of hydrogen-bond acceptors (Lipinski definition) is 4. The highest BCUT2D eigenvalue weighted by Crippen LogP contribution is 2.28. The number of aryl methyl sites for hydroxylation is 2. The second-order valence-corrected chi connectivity index (χ2v) is 7.45. The molecule has 3 N–H and O–H groups in total. The van der Waals surface area contributed by atoms with Crippen LogP contribution in [0.5, 0.6) is 11.5 Å². The van der Waals surface area contributed by atoms with Gasteiger partial charge in [0.1, 0.15) is 18.1 Å². The number of anilines is 2. The maximum atomic E-state index is 12.6. The third-order valence-corrected chi connectivity index (χ3v) is 4.98. The highest BCUT2D eigenvalue weighted by Gasteiger charge is 2.13. The van der Waals surface area contributed by atoms with Crippen LogP contribution in [-0.4, -0.2) is 22.8 Å². The number of aromatic nitrogens is 2. The SMILES string of the molecule is Cc1ccc(NC(=O)Nc2n[nH]c3ccc(OCc4ccccc4OC(F)F)cc23)c(C)c1. The zero-order valence-electron chi connectivity index (χ0n) is 18.0. The summed E-state index contributed by atoms with van der Waals surface area (Å²) in [5.74, 6) is 0.870. The van der Waals surface area contributed by atoms with E-state index in [4.69, 9.17) is 4.74 Å². The molecular weight excluding hydrogens is 430 g/mol. The van der Waals surface area contributed by atoms with Gasteiger partial charge in [0, 0.05) is 16.6 Å². The molecule has 0 spiro atoms. The zero-order chi connectivity index (χ0) is 23.4. The van der Waals surface area contributed by atoms with Crippen molar-refractivity contribution in [3.63, 3.8) is 0 Å². The second kappa shape index (κ2) is 9.56. The average molecular weight is 452 g/mol. The van der Waals surface area contributed by atoms with Crippen molar-refractivity contribution in [3.8, 4) is 11.5 Å². The lowest BCUT2D eigenvalue weighted by Crippen LogP contribution is -2.20. The van der Waals surface area contributed by atoms with E-state index in [0.29, 0.717) is 33.7 Å². The van der Waals surface area contributed by atoms with Crippen molar-refractivity contribution in [2.75, 3.05) is 10.6 Å². The number of urea groups is 1. The van der Waals surface area contributed by atoms with Crippen molar-refractivity contribution in [3.05, 3.63) is 77.4 Å². The fraction of sp³-hybridized carbons (Fsp3) is 0.167. The van der Waals surface area contributed by atoms with Gasteiger partial charge in [-0.05, 0) is 49.7 Å². The first kappa shape index (κ1) is 22.1. The molecule has 170 valence electrons. The summed E-state index contributed by atoms with van der Waals surface area (Å²) in [6.07, 6.45) is 0. The first-order valence-electron chi connectivity index (χ1n) is 10.2. The van der Waals surface area contributed by atoms with Crippen LogP contribution >= 0.6 is 0 Å². The fourth-order valence-electron chi connectivity index (χ4n) is 3.39. The van der Waals surface area contributed by atoms with Crippen LogP contribution < -0.4 is 20.1 Å². The quantitative estimate of drug-likeness (QED) is 0.321. The monoisotopic (exact) mass is 452 g/mol. The molecule has 1 heterocycles. The van der Waals surface area contributed by atoms with Crippen molar-refractivity contribution in [2.45, 2.75) is 27.1 Å². The highest BCUT2D eigenvalue weighted by molar-refractivity contribution is 6.05. The number of nitrogens with one attached hydrogen (secondary N) is 3. The molecule has 0 aliphatic rings. The van der Waals surface area contributed by atoms with Gasteiger partial charge in [-0.15, -0.1) is 0 Å². The van der Waals surface area contributed by atoms with Gasteiger partial charge in [-0.25, -0.2) is 4.79 Å². The van der Waals surface area contributed by atoms with Crippen molar-refractivity contribution in [2.24, 2.45) is 0 Å². The first-order chi connectivity index (χ1) is 15.9. The standard InChI is InChI=1S/C24H22F2N4O3/c1-14-7-9-19(15(2)11-14)27-24(31)28-22-18-12-17(8-10-20(18)29-30-22)32-13-16-5-3-4-6-21(16)33-23(25)26/h3-12,23H,13H2,1-2H3,(H3,27,28,29,30,31). The lowest BCUT2D eigenvalue weighted by Gasteiger charge is -2.12. The normalized spacial score (nSPS) is 10.9. The van der Waals surface area contributed by atoms with Crippen LogP contribution in [-0.2, 0) is 6.61 Å². The molecule has 0 fully saturated rings. The molecule has 7 nitrogen and oxygen atoms in total. The van der Waals surface area contributed by atoms with Crippen LogP contribution in [0.1, 0.15) is 16.7 Å². The number of benzene rings is 3. The number of halogens is 2. The Hall–Kier alpha value is -4.14. The van der Waals surface area contributed by atoms with Gasteiger partial charge in [0.05, 0.1) is 5.52 Å². The molecule has 3 aromatic carbocycles. The lowest BCUT2D eigenvalue weighted by molar-refractivity contribution is -0.0508. The lowest BCUT2D eigenvalue weighted by atomic mass is 10.1. The molecule has 4 rings (SSSR count). The summed E-state index contributed by atoms with van der Waals surface area (Å²) in [7, 11) is 0. The number of nitrogens with zero attached hydrogens (tertiary/aromatic N) is 1. The van der Waals surface area contributed by atoms with E-state index in [1.54, 1.807) is 36.4 Å². The van der Waals surface area contributed by atoms with Gasteiger partial charge in [-0.3, -0.25) is 10.4 Å². The van der Waals surface area contributed by atoms with Crippen molar-refractivity contribution in [1.82, 2.24) is 10.2 Å². The number of rotatable bonds is 7. The number of ether oxygens (including phenoxy) is 2. The molecule has 0 radical (unpaired) electrons. The molecule has 0 aliphatic heterocycles. The fourth-order valence-corrected chi connectivity index (χ4v) is 3.39. The summed E-state index contributed by atoms with van der Waals surface area (Å²) < 4.78 is 35.5. The highest BCUT2D eigenvalue weighted by atomic mass is 19.3. The first-order valence-corrected chi connectivity index (χ1v) is 10.2. The Bertz CT molecular complexity index is 1290. The maximum absolute atomic E-state index is 12.6. The smallest absolute Gasteiger partial charge is 0.387 e. The van der Waals surface area contributed by atoms with Crippen molar-refractivity contribution in [1.29, 1.82) is 0 Å². The van der Waals surface area contributed by atoms with Crippen LogP contribution in [0.2, 0.25) is 0 Å². The average Bonchev–Trinajstić information content (AvgIpc) is 3.16. The van der Waals surface area contributed by atoms with Gasteiger partial charge in [0.15, 0.2) is 5.82 Å². The molecule has 0 bridgehead atoms. The minimum absolute atomic E-state index is 0.0300. The zero-order valence-corrected chi connectivity index (χ0v) is 18.0. The van der Waals surface area contributed by atoms with E-state index in [0.717, 1.165) is 11.1 Å². The molecule has 2 amide bonds. The van der Waals surface area contributed by atoms with Gasteiger partial charge in [-0.2, -0.15) is 13.9 Å². The molecule has 4 aromatic rings. The molecule has 1 aromatic heterocycles. The number of fused-ring (bicyclic) bond motifs is 1. The van der Waals surface area contributed by atoms with Crippen LogP contribution in [0.15, 0.2) is 60.7 Å². The van der Waals surface area contributed by atoms with E-state index in [1.165, 1.54) is 6.07 Å². The topological polar surface area (TPSA) is 88.3 Å². The van der Waals surface area contributed by atoms with Gasteiger partial charge in [-0.1, -0.05) is 35.9 Å². The predicted octanol–water partition coefficient (Wildman–Crippen LogP) is 6.00. The van der Waals surface area contributed by atoms with E-state index in [1.807, 2.05) is 32.0 Å². The number of aromatic amines is 1. The minimum Gasteiger partial charge on any atom is -0.489 e. The van der Waals surface area contributed by atoms with E-state index in [2.05, 4.69) is 25.6 Å². The van der Waals surface area contributed by atoms with Crippen LogP contribution in [0.3, 0.4) is 0 Å². The molecular formula is C24H22F2N4O3. The summed E-state index contributed by atoms with van der Waals surface area (Å²) in [5.41, 5.74) is 3.94. The minimum atomic E-state index is -2.92. The van der Waals surface area contributed by atoms with Gasteiger partial charge in [0.2, 0.25) is 0 Å². The summed E-state index contributed by atoms with van der Waals surface area (Å²) >= 11 is 0. The second-order valence-electron chi connectivity index (χ2n) is 7.45. The molecule has 0 saturated carbocycles. The Balaban J connectivity index is 1.47. The Morgan fingerprint density at radius 1 is 1.06 bits per heavy atom. The van der Waals surface area contributed by atoms with E-state index in [9.17, 15) is 13.6 Å². The van der Waals surface area contributed by atoms with Crippen LogP contribution in [0.25, 0.3) is 10.9 Å². The number of alkyl halides is 2. The number of hydrogen-bond donors (Lipinski definition) is 3. The summed E-state index contributed by atoms with van der Waals surface area (Å²) in [6, 6.07) is 16.9. The van der Waals surface area contributed by atoms with E-state index >= 15 is 0 Å². The van der Waals surface area contributed by atoms with Crippen molar-refractivity contribution >= 4 is 28.4 Å². The number of amides is 2. The number of carbonyl (C=O) groups excluding carboxylic acids is 1. The van der Waals surface area contributed by atoms with Crippen LogP contribution in [0.4, 0.5) is 25.1 Å². The Labute approximate surface area is 188 Å². The Morgan fingerprint density at radius 3 is 2.67 bits per heavy atom.